The molecule has 14 nitrogen and oxygen atoms in total. The molecule has 0 heterocycles. The van der Waals surface area contributed by atoms with Gasteiger partial charge in [-0.3, -0.25) is 24.0 Å². The molecule has 35 heavy (non-hydrogen) atoms. The number of ketones is 3. The van der Waals surface area contributed by atoms with Gasteiger partial charge in [0.25, 0.3) is 0 Å². The fraction of sp³-hybridized carbons (Fsp3) is 0.429. The van der Waals surface area contributed by atoms with Gasteiger partial charge in [0.2, 0.25) is 18.6 Å². The summed E-state index contributed by atoms with van der Waals surface area (Å²) >= 11 is 0. The van der Waals surface area contributed by atoms with Gasteiger partial charge in [0.1, 0.15) is 0 Å². The second-order valence-corrected chi connectivity index (χ2v) is 6.99. The van der Waals surface area contributed by atoms with Crippen molar-refractivity contribution in [3.8, 4) is 0 Å². The van der Waals surface area contributed by atoms with Gasteiger partial charge < -0.3 is 30.2 Å². The molecule has 0 aliphatic rings. The molecule has 0 aromatic rings. The summed E-state index contributed by atoms with van der Waals surface area (Å²) in [5, 5.41) is 6.35. The standard InChI is InChI=1S/C21H27N3O11/c1-12(2)19(30)33-10-16(27)9-23-18(29)5-14(25)7-22-17(28)6-15(26)8-24-21(32)35-11-34-20(31)13(3)4/h1,3,5-11H2,2,4H3,(H,22,28)(H,23,29)(H,24,32). The minimum Gasteiger partial charge on any atom is -0.454 e. The number of rotatable bonds is 16. The van der Waals surface area contributed by atoms with Crippen molar-refractivity contribution in [2.75, 3.05) is 33.0 Å². The molecular formula is C21H27N3O11. The van der Waals surface area contributed by atoms with Crippen molar-refractivity contribution in [3.63, 3.8) is 0 Å². The van der Waals surface area contributed by atoms with Gasteiger partial charge in [-0.15, -0.1) is 0 Å². The summed E-state index contributed by atoms with van der Waals surface area (Å²) in [4.78, 5) is 91.9. The number of amides is 3. The second kappa shape index (κ2) is 16.3. The molecule has 0 atom stereocenters. The number of ether oxygens (including phenoxy) is 3. The second-order valence-electron chi connectivity index (χ2n) is 6.99. The zero-order valence-corrected chi connectivity index (χ0v) is 19.4. The summed E-state index contributed by atoms with van der Waals surface area (Å²) in [7, 11) is 0. The zero-order chi connectivity index (χ0) is 27.0. The van der Waals surface area contributed by atoms with Gasteiger partial charge >= 0.3 is 18.0 Å². The lowest BCUT2D eigenvalue weighted by Gasteiger charge is -2.08. The molecule has 3 amide bonds. The Kier molecular flexibility index (Phi) is 14.3. The topological polar surface area (TPSA) is 200 Å². The number of carbonyl (C=O) groups excluding carboxylic acids is 8. The Labute approximate surface area is 200 Å². The molecule has 0 fully saturated rings. The normalized spacial score (nSPS) is 9.66. The SMILES string of the molecule is C=C(C)C(=O)OCOC(=O)NCC(=O)CC(=O)NCC(=O)CC(=O)NCC(=O)COC(=O)C(=C)C. The van der Waals surface area contributed by atoms with E-state index in [1.165, 1.54) is 13.8 Å². The molecule has 0 radical (unpaired) electrons. The number of hydrogen-bond donors (Lipinski definition) is 3. The van der Waals surface area contributed by atoms with Gasteiger partial charge in [-0.1, -0.05) is 13.2 Å². The van der Waals surface area contributed by atoms with Crippen molar-refractivity contribution in [1.29, 1.82) is 0 Å². The highest BCUT2D eigenvalue weighted by atomic mass is 16.7. The highest BCUT2D eigenvalue weighted by Crippen LogP contribution is 1.93. The van der Waals surface area contributed by atoms with Crippen LogP contribution in [0.25, 0.3) is 0 Å². The molecule has 14 heteroatoms. The van der Waals surface area contributed by atoms with Crippen LogP contribution in [0.5, 0.6) is 0 Å². The number of hydrogen-bond acceptors (Lipinski definition) is 11. The fourth-order valence-electron chi connectivity index (χ4n) is 1.80. The lowest BCUT2D eigenvalue weighted by atomic mass is 10.2. The van der Waals surface area contributed by atoms with Crippen molar-refractivity contribution in [1.82, 2.24) is 16.0 Å². The minimum absolute atomic E-state index is 0.100. The Morgan fingerprint density at radius 3 is 1.51 bits per heavy atom. The van der Waals surface area contributed by atoms with Crippen molar-refractivity contribution < 1.29 is 52.6 Å². The summed E-state index contributed by atoms with van der Waals surface area (Å²) in [6.45, 7) is 6.62. The maximum atomic E-state index is 11.7. The fourth-order valence-corrected chi connectivity index (χ4v) is 1.80. The van der Waals surface area contributed by atoms with E-state index in [0.29, 0.717) is 0 Å². The Morgan fingerprint density at radius 2 is 1.03 bits per heavy atom. The third-order valence-corrected chi connectivity index (χ3v) is 3.55. The van der Waals surface area contributed by atoms with Crippen molar-refractivity contribution in [3.05, 3.63) is 24.3 Å². The molecule has 0 aliphatic carbocycles. The van der Waals surface area contributed by atoms with Crippen LogP contribution in [0.3, 0.4) is 0 Å². The zero-order valence-electron chi connectivity index (χ0n) is 19.4. The predicted octanol–water partition coefficient (Wildman–Crippen LogP) is -1.37. The lowest BCUT2D eigenvalue weighted by Crippen LogP contribution is -2.37. The summed E-state index contributed by atoms with van der Waals surface area (Å²) in [6, 6.07) is 0. The molecule has 0 saturated heterocycles. The Morgan fingerprint density at radius 1 is 0.600 bits per heavy atom. The molecule has 0 aromatic heterocycles. The van der Waals surface area contributed by atoms with Crippen LogP contribution in [0.15, 0.2) is 24.3 Å². The lowest BCUT2D eigenvalue weighted by molar-refractivity contribution is -0.147. The van der Waals surface area contributed by atoms with E-state index in [9.17, 15) is 38.4 Å². The van der Waals surface area contributed by atoms with Gasteiger partial charge in [0, 0.05) is 11.1 Å². The summed E-state index contributed by atoms with van der Waals surface area (Å²) in [5.74, 6) is -5.18. The van der Waals surface area contributed by atoms with Gasteiger partial charge in [-0.2, -0.15) is 0 Å². The molecule has 0 unspecified atom stereocenters. The van der Waals surface area contributed by atoms with Gasteiger partial charge in [0.15, 0.2) is 24.0 Å². The molecule has 3 N–H and O–H groups in total. The smallest absolute Gasteiger partial charge is 0.410 e. The van der Waals surface area contributed by atoms with Crippen molar-refractivity contribution >= 4 is 47.2 Å². The van der Waals surface area contributed by atoms with E-state index in [1.54, 1.807) is 0 Å². The van der Waals surface area contributed by atoms with Crippen LogP contribution in [0.1, 0.15) is 26.7 Å². The van der Waals surface area contributed by atoms with Gasteiger partial charge in [0.05, 0.1) is 32.5 Å². The van der Waals surface area contributed by atoms with E-state index >= 15 is 0 Å². The van der Waals surface area contributed by atoms with Crippen LogP contribution >= 0.6 is 0 Å². The maximum Gasteiger partial charge on any atom is 0.410 e. The predicted molar refractivity (Wildman–Crippen MR) is 116 cm³/mol. The van der Waals surface area contributed by atoms with Crippen molar-refractivity contribution in [2.24, 2.45) is 0 Å². The number of nitrogens with one attached hydrogen (secondary N) is 3. The molecule has 0 rings (SSSR count). The third-order valence-electron chi connectivity index (χ3n) is 3.55. The largest absolute Gasteiger partial charge is 0.454 e. The van der Waals surface area contributed by atoms with E-state index in [2.05, 4.69) is 38.0 Å². The van der Waals surface area contributed by atoms with Crippen LogP contribution in [0.2, 0.25) is 0 Å². The van der Waals surface area contributed by atoms with E-state index < -0.39 is 93.1 Å². The van der Waals surface area contributed by atoms with Crippen molar-refractivity contribution in [2.45, 2.75) is 26.7 Å². The highest BCUT2D eigenvalue weighted by molar-refractivity contribution is 6.03. The molecule has 0 aliphatic heterocycles. The monoisotopic (exact) mass is 497 g/mol. The Balaban J connectivity index is 4.04. The number of esters is 2. The summed E-state index contributed by atoms with van der Waals surface area (Å²) < 4.78 is 13.6. The van der Waals surface area contributed by atoms with Crippen LogP contribution in [0, 0.1) is 0 Å². The highest BCUT2D eigenvalue weighted by Gasteiger charge is 2.16. The molecule has 0 aromatic carbocycles. The first kappa shape index (κ1) is 30.6. The van der Waals surface area contributed by atoms with Gasteiger partial charge in [-0.05, 0) is 13.8 Å². The Bertz CT molecular complexity index is 908. The molecular weight excluding hydrogens is 470 g/mol. The molecule has 192 valence electrons. The van der Waals surface area contributed by atoms with Gasteiger partial charge in [-0.25, -0.2) is 14.4 Å². The molecule has 0 spiro atoms. The van der Waals surface area contributed by atoms with Crippen LogP contribution in [-0.4, -0.2) is 80.2 Å². The van der Waals surface area contributed by atoms with Crippen LogP contribution in [-0.2, 0) is 47.8 Å². The first-order valence-corrected chi connectivity index (χ1v) is 9.96. The molecule has 0 saturated carbocycles. The molecule has 0 bridgehead atoms. The summed E-state index contributed by atoms with van der Waals surface area (Å²) in [6.07, 6.45) is -2.37. The average molecular weight is 497 g/mol. The number of Topliss-reactive ketones (excluding diaryl/α,β-unsaturated/α-hetero) is 3. The van der Waals surface area contributed by atoms with Crippen LogP contribution < -0.4 is 16.0 Å². The first-order valence-electron chi connectivity index (χ1n) is 9.96. The van der Waals surface area contributed by atoms with Crippen LogP contribution in [0.4, 0.5) is 4.79 Å². The minimum atomic E-state index is -1.07. The average Bonchev–Trinajstić information content (AvgIpc) is 2.78. The maximum absolute atomic E-state index is 11.7. The quantitative estimate of drug-likeness (QED) is 0.0983. The first-order chi connectivity index (χ1) is 16.3. The van der Waals surface area contributed by atoms with E-state index in [4.69, 9.17) is 0 Å². The number of alkyl carbamates (subject to hydrolysis) is 1. The van der Waals surface area contributed by atoms with E-state index in [0.717, 1.165) is 0 Å². The third kappa shape index (κ3) is 16.0. The van der Waals surface area contributed by atoms with E-state index in [-0.39, 0.29) is 11.1 Å². The summed E-state index contributed by atoms with van der Waals surface area (Å²) in [5.41, 5.74) is 0.206. The Hall–Kier alpha value is -4.36. The number of carbonyl (C=O) groups is 8. The van der Waals surface area contributed by atoms with E-state index in [1.807, 2.05) is 5.32 Å².